The Balaban J connectivity index is 1.90. The number of hydrogen-bond acceptors (Lipinski definition) is 3. The van der Waals surface area contributed by atoms with Crippen molar-refractivity contribution in [2.45, 2.75) is 26.2 Å². The number of hydrogen-bond donors (Lipinski definition) is 2. The lowest BCUT2D eigenvalue weighted by Crippen LogP contribution is -2.29. The van der Waals surface area contributed by atoms with E-state index in [1.807, 2.05) is 6.07 Å². The molecule has 1 aliphatic rings. The summed E-state index contributed by atoms with van der Waals surface area (Å²) in [5.41, 5.74) is 0.368. The second kappa shape index (κ2) is 5.55. The first-order valence-electron chi connectivity index (χ1n) is 6.17. The maximum atomic E-state index is 11.9. The monoisotopic (exact) mass is 263 g/mol. The number of carbonyl (C=O) groups excluding carboxylic acids is 1. The minimum Gasteiger partial charge on any atom is -0.384 e. The second-order valence-electron chi connectivity index (χ2n) is 4.66. The number of nitrogens with one attached hydrogen (secondary N) is 1. The molecule has 18 heavy (non-hydrogen) atoms. The fourth-order valence-electron chi connectivity index (χ4n) is 1.84. The summed E-state index contributed by atoms with van der Waals surface area (Å²) in [7, 11) is 0. The third-order valence-corrected chi connectivity index (χ3v) is 4.45. The molecule has 0 unspecified atom stereocenters. The van der Waals surface area contributed by atoms with Crippen LogP contribution in [0.1, 0.15) is 40.7 Å². The van der Waals surface area contributed by atoms with Gasteiger partial charge < -0.3 is 10.4 Å². The highest BCUT2D eigenvalue weighted by Crippen LogP contribution is 2.47. The highest BCUT2D eigenvalue weighted by Gasteiger charge is 2.40. The zero-order chi connectivity index (χ0) is 13.0. The lowest BCUT2D eigenvalue weighted by atomic mass is 10.0. The van der Waals surface area contributed by atoms with Crippen LogP contribution in [0.25, 0.3) is 0 Å². The van der Waals surface area contributed by atoms with Crippen LogP contribution in [0.3, 0.4) is 0 Å². The van der Waals surface area contributed by atoms with Gasteiger partial charge in [-0.05, 0) is 36.8 Å². The molecule has 0 aliphatic heterocycles. The number of thiophene rings is 1. The third-order valence-electron chi connectivity index (χ3n) is 3.45. The van der Waals surface area contributed by atoms with E-state index in [2.05, 4.69) is 24.1 Å². The zero-order valence-electron chi connectivity index (χ0n) is 10.5. The number of amides is 1. The number of aliphatic hydroxyl groups is 1. The molecule has 3 nitrogen and oxygen atoms in total. The number of aliphatic hydroxyl groups excluding tert-OH is 1. The third kappa shape index (κ3) is 3.12. The first-order chi connectivity index (χ1) is 8.69. The first-order valence-corrected chi connectivity index (χ1v) is 6.98. The zero-order valence-corrected chi connectivity index (χ0v) is 11.3. The minimum atomic E-state index is -0.154. The van der Waals surface area contributed by atoms with Crippen molar-refractivity contribution in [3.8, 4) is 11.8 Å². The van der Waals surface area contributed by atoms with Gasteiger partial charge in [0.05, 0.1) is 9.75 Å². The Morgan fingerprint density at radius 2 is 2.33 bits per heavy atom. The van der Waals surface area contributed by atoms with Crippen molar-refractivity contribution in [2.24, 2.45) is 5.41 Å². The lowest BCUT2D eigenvalue weighted by molar-refractivity contribution is 0.0948. The van der Waals surface area contributed by atoms with E-state index >= 15 is 0 Å². The fraction of sp³-hybridized carbons (Fsp3) is 0.500. The van der Waals surface area contributed by atoms with Crippen molar-refractivity contribution in [1.82, 2.24) is 5.32 Å². The van der Waals surface area contributed by atoms with Crippen LogP contribution in [0, 0.1) is 17.3 Å². The Bertz CT molecular complexity index is 491. The Morgan fingerprint density at radius 1 is 1.56 bits per heavy atom. The van der Waals surface area contributed by atoms with Crippen molar-refractivity contribution >= 4 is 17.2 Å². The van der Waals surface area contributed by atoms with Gasteiger partial charge >= 0.3 is 0 Å². The summed E-state index contributed by atoms with van der Waals surface area (Å²) in [6, 6.07) is 3.60. The molecule has 0 atom stereocenters. The van der Waals surface area contributed by atoms with E-state index in [0.29, 0.717) is 10.3 Å². The average Bonchev–Trinajstić information content (AvgIpc) is 3.03. The Labute approximate surface area is 111 Å². The standard InChI is InChI=1S/C14H17NO2S/c1-2-14(7-8-14)10-15-13(17)12-6-5-11(18-12)4-3-9-16/h5-6,16H,2,7-10H2,1H3,(H,15,17). The molecule has 0 radical (unpaired) electrons. The van der Waals surface area contributed by atoms with Crippen molar-refractivity contribution in [3.05, 3.63) is 21.9 Å². The molecular formula is C14H17NO2S. The molecule has 1 amide bonds. The minimum absolute atomic E-state index is 0.0169. The molecule has 0 spiro atoms. The van der Waals surface area contributed by atoms with Gasteiger partial charge in [0.2, 0.25) is 0 Å². The van der Waals surface area contributed by atoms with Crippen LogP contribution in [0.15, 0.2) is 12.1 Å². The summed E-state index contributed by atoms with van der Waals surface area (Å²) in [5.74, 6) is 5.36. The van der Waals surface area contributed by atoms with Gasteiger partial charge in [-0.25, -0.2) is 0 Å². The molecular weight excluding hydrogens is 246 g/mol. The van der Waals surface area contributed by atoms with Crippen molar-refractivity contribution in [2.75, 3.05) is 13.2 Å². The average molecular weight is 263 g/mol. The smallest absolute Gasteiger partial charge is 0.261 e. The topological polar surface area (TPSA) is 49.3 Å². The molecule has 1 saturated carbocycles. The molecule has 1 aliphatic carbocycles. The van der Waals surface area contributed by atoms with Crippen LogP contribution >= 0.6 is 11.3 Å². The van der Waals surface area contributed by atoms with Crippen molar-refractivity contribution < 1.29 is 9.90 Å². The predicted octanol–water partition coefficient (Wildman–Crippen LogP) is 2.01. The summed E-state index contributed by atoms with van der Waals surface area (Å²) in [4.78, 5) is 13.4. The lowest BCUT2D eigenvalue weighted by Gasteiger charge is -2.12. The molecule has 0 saturated heterocycles. The largest absolute Gasteiger partial charge is 0.384 e. The van der Waals surface area contributed by atoms with E-state index in [1.165, 1.54) is 24.2 Å². The van der Waals surface area contributed by atoms with Gasteiger partial charge in [-0.3, -0.25) is 4.79 Å². The molecule has 96 valence electrons. The first kappa shape index (κ1) is 13.1. The highest BCUT2D eigenvalue weighted by atomic mass is 32.1. The number of rotatable bonds is 4. The molecule has 1 aromatic heterocycles. The maximum absolute atomic E-state index is 11.9. The van der Waals surface area contributed by atoms with Crippen LogP contribution in [0.5, 0.6) is 0 Å². The van der Waals surface area contributed by atoms with Crippen LogP contribution in [-0.4, -0.2) is 24.2 Å². The van der Waals surface area contributed by atoms with E-state index in [0.717, 1.165) is 17.8 Å². The van der Waals surface area contributed by atoms with Crippen LogP contribution in [0.4, 0.5) is 0 Å². The van der Waals surface area contributed by atoms with Gasteiger partial charge in [0, 0.05) is 6.54 Å². The van der Waals surface area contributed by atoms with E-state index in [9.17, 15) is 4.79 Å². The van der Waals surface area contributed by atoms with Gasteiger partial charge in [-0.1, -0.05) is 18.8 Å². The maximum Gasteiger partial charge on any atom is 0.261 e. The molecule has 2 N–H and O–H groups in total. The summed E-state index contributed by atoms with van der Waals surface area (Å²) < 4.78 is 0. The Kier molecular flexibility index (Phi) is 4.05. The van der Waals surface area contributed by atoms with E-state index in [-0.39, 0.29) is 12.5 Å². The van der Waals surface area contributed by atoms with E-state index in [1.54, 1.807) is 6.07 Å². The summed E-state index contributed by atoms with van der Waals surface area (Å²) in [6.45, 7) is 2.79. The van der Waals surface area contributed by atoms with E-state index in [4.69, 9.17) is 5.11 Å². The quantitative estimate of drug-likeness (QED) is 0.816. The molecule has 1 heterocycles. The Morgan fingerprint density at radius 3 is 2.94 bits per heavy atom. The highest BCUT2D eigenvalue weighted by molar-refractivity contribution is 7.14. The second-order valence-corrected chi connectivity index (χ2v) is 5.74. The number of carbonyl (C=O) groups is 1. The molecule has 4 heteroatoms. The Hall–Kier alpha value is -1.31. The van der Waals surface area contributed by atoms with Crippen LogP contribution < -0.4 is 5.32 Å². The molecule has 1 fully saturated rings. The van der Waals surface area contributed by atoms with Gasteiger partial charge in [0.15, 0.2) is 0 Å². The normalized spacial score (nSPS) is 15.7. The summed E-state index contributed by atoms with van der Waals surface area (Å²) in [5, 5.41) is 11.6. The molecule has 0 aromatic carbocycles. The van der Waals surface area contributed by atoms with Gasteiger partial charge in [-0.2, -0.15) is 0 Å². The molecule has 2 rings (SSSR count). The van der Waals surface area contributed by atoms with E-state index < -0.39 is 0 Å². The van der Waals surface area contributed by atoms with Crippen molar-refractivity contribution in [3.63, 3.8) is 0 Å². The fourth-order valence-corrected chi connectivity index (χ4v) is 2.64. The molecule has 0 bridgehead atoms. The van der Waals surface area contributed by atoms with Crippen molar-refractivity contribution in [1.29, 1.82) is 0 Å². The summed E-state index contributed by atoms with van der Waals surface area (Å²) >= 11 is 1.36. The predicted molar refractivity (Wildman–Crippen MR) is 72.6 cm³/mol. The molecule has 1 aromatic rings. The van der Waals surface area contributed by atoms with Crippen LogP contribution in [0.2, 0.25) is 0 Å². The summed E-state index contributed by atoms with van der Waals surface area (Å²) in [6.07, 6.45) is 3.58. The SMILES string of the molecule is CCC1(CNC(=O)c2ccc(C#CCO)s2)CC1. The van der Waals surface area contributed by atoms with Gasteiger partial charge in [0.1, 0.15) is 6.61 Å². The van der Waals surface area contributed by atoms with Gasteiger partial charge in [-0.15, -0.1) is 11.3 Å². The van der Waals surface area contributed by atoms with Gasteiger partial charge in [0.25, 0.3) is 5.91 Å². The van der Waals surface area contributed by atoms with Crippen LogP contribution in [-0.2, 0) is 0 Å².